The van der Waals surface area contributed by atoms with Gasteiger partial charge in [-0.3, -0.25) is 14.7 Å². The molecular formula is C36H40Cl4N8O2S. The molecule has 2 heterocycles. The van der Waals surface area contributed by atoms with Gasteiger partial charge in [-0.1, -0.05) is 136 Å². The molecular weight excluding hydrogens is 750 g/mol. The number of H-pyrrole nitrogens is 1. The first-order valence-corrected chi connectivity index (χ1v) is 19.1. The smallest absolute Gasteiger partial charge is 0.299 e. The number of rotatable bonds is 18. The summed E-state index contributed by atoms with van der Waals surface area (Å²) in [7, 11) is 0. The van der Waals surface area contributed by atoms with Crippen molar-refractivity contribution in [3.8, 4) is 17.1 Å². The van der Waals surface area contributed by atoms with Gasteiger partial charge in [-0.25, -0.2) is 4.68 Å². The molecule has 0 atom stereocenters. The number of benzene rings is 3. The lowest BCUT2D eigenvalue weighted by Gasteiger charge is -2.12. The molecule has 51 heavy (non-hydrogen) atoms. The topological polar surface area (TPSA) is 115 Å². The Morgan fingerprint density at radius 3 is 2.02 bits per heavy atom. The van der Waals surface area contributed by atoms with Crippen molar-refractivity contribution in [1.29, 1.82) is 0 Å². The van der Waals surface area contributed by atoms with Crippen molar-refractivity contribution in [3.63, 3.8) is 0 Å². The second-order valence-corrected chi connectivity index (χ2v) is 14.3. The number of hydrogen-bond donors (Lipinski definition) is 3. The summed E-state index contributed by atoms with van der Waals surface area (Å²) >= 11 is 31.5. The van der Waals surface area contributed by atoms with Crippen molar-refractivity contribution in [2.24, 2.45) is 0 Å². The summed E-state index contributed by atoms with van der Waals surface area (Å²) in [6, 6.07) is 17.2. The van der Waals surface area contributed by atoms with Gasteiger partial charge in [0.2, 0.25) is 10.7 Å². The van der Waals surface area contributed by atoms with Gasteiger partial charge in [0, 0.05) is 17.1 Å². The number of amides is 1. The Morgan fingerprint density at radius 2 is 1.37 bits per heavy atom. The Kier molecular flexibility index (Phi) is 14.2. The van der Waals surface area contributed by atoms with Gasteiger partial charge < -0.3 is 10.6 Å². The Morgan fingerprint density at radius 1 is 0.765 bits per heavy atom. The highest BCUT2D eigenvalue weighted by Crippen LogP contribution is 2.34. The molecule has 3 aromatic carbocycles. The van der Waals surface area contributed by atoms with E-state index in [-0.39, 0.29) is 37.9 Å². The van der Waals surface area contributed by atoms with E-state index in [1.807, 2.05) is 30.3 Å². The van der Waals surface area contributed by atoms with E-state index in [0.717, 1.165) is 23.9 Å². The zero-order chi connectivity index (χ0) is 36.3. The van der Waals surface area contributed by atoms with Gasteiger partial charge in [-0.15, -0.1) is 0 Å². The average Bonchev–Trinajstić information content (AvgIpc) is 3.62. The lowest BCUT2D eigenvalue weighted by atomic mass is 10.1. The van der Waals surface area contributed by atoms with Crippen molar-refractivity contribution < 1.29 is 4.79 Å². The first kappa shape index (κ1) is 38.6. The van der Waals surface area contributed by atoms with Crippen LogP contribution in [0.3, 0.4) is 0 Å². The Bertz CT molecular complexity index is 2040. The van der Waals surface area contributed by atoms with Crippen LogP contribution in [0.5, 0.6) is 0 Å². The van der Waals surface area contributed by atoms with Crippen molar-refractivity contribution in [2.75, 3.05) is 10.6 Å². The van der Waals surface area contributed by atoms with E-state index in [1.165, 1.54) is 72.9 Å². The molecule has 3 N–H and O–H groups in total. The number of nitrogens with one attached hydrogen (secondary N) is 3. The summed E-state index contributed by atoms with van der Waals surface area (Å²) in [6.45, 7) is 2.24. The summed E-state index contributed by atoms with van der Waals surface area (Å²) in [5.74, 6) is 0.0694. The lowest BCUT2D eigenvalue weighted by Crippen LogP contribution is -2.20. The van der Waals surface area contributed by atoms with E-state index in [0.29, 0.717) is 33.5 Å². The maximum atomic E-state index is 14.1. The second-order valence-electron chi connectivity index (χ2n) is 12.3. The van der Waals surface area contributed by atoms with E-state index in [9.17, 15) is 9.59 Å². The molecule has 0 fully saturated rings. The molecule has 0 unspecified atom stereocenters. The fourth-order valence-corrected chi connectivity index (χ4v) is 7.16. The molecule has 0 saturated heterocycles. The van der Waals surface area contributed by atoms with Crippen molar-refractivity contribution in [3.05, 3.63) is 95.9 Å². The predicted octanol–water partition coefficient (Wildman–Crippen LogP) is 11.3. The molecule has 0 radical (unpaired) electrons. The van der Waals surface area contributed by atoms with Gasteiger partial charge in [-0.05, 0) is 71.5 Å². The summed E-state index contributed by atoms with van der Waals surface area (Å²) < 4.78 is 3.94. The molecule has 0 aliphatic carbocycles. The average molecular weight is 791 g/mol. The SMILES string of the molecule is CCCCCCCCCCCCCC(=O)Nc1ccc(Cl)c(Nc2[nH]n(-c3c(Cl)cc(Cl)cc3Cl)c(=O)c2-n2nnn(-c3ccccc3)c2=S)c1. The van der Waals surface area contributed by atoms with Crippen LogP contribution >= 0.6 is 58.6 Å². The number of carbonyl (C=O) groups is 1. The Labute approximate surface area is 322 Å². The third kappa shape index (κ3) is 10.0. The van der Waals surface area contributed by atoms with E-state index >= 15 is 0 Å². The van der Waals surface area contributed by atoms with Crippen LogP contribution in [0.15, 0.2) is 65.5 Å². The molecule has 0 saturated carbocycles. The van der Waals surface area contributed by atoms with Crippen LogP contribution in [-0.2, 0) is 4.79 Å². The molecule has 10 nitrogen and oxygen atoms in total. The van der Waals surface area contributed by atoms with Crippen LogP contribution in [0, 0.1) is 4.77 Å². The van der Waals surface area contributed by atoms with Gasteiger partial charge in [0.1, 0.15) is 5.69 Å². The zero-order valence-electron chi connectivity index (χ0n) is 28.2. The number of hydrogen-bond acceptors (Lipinski definition) is 6. The summed E-state index contributed by atoms with van der Waals surface area (Å²) in [4.78, 5) is 27.0. The lowest BCUT2D eigenvalue weighted by molar-refractivity contribution is -0.116. The highest BCUT2D eigenvalue weighted by molar-refractivity contribution is 7.71. The molecule has 270 valence electrons. The fraction of sp³-hybridized carbons (Fsp3) is 0.361. The van der Waals surface area contributed by atoms with Crippen molar-refractivity contribution in [1.82, 2.24) is 29.6 Å². The van der Waals surface area contributed by atoms with Crippen molar-refractivity contribution >= 4 is 81.7 Å². The third-order valence-corrected chi connectivity index (χ3v) is 9.85. The van der Waals surface area contributed by atoms with Gasteiger partial charge in [-0.2, -0.15) is 9.36 Å². The molecule has 5 aromatic rings. The summed E-state index contributed by atoms with van der Waals surface area (Å²) in [5, 5.41) is 18.5. The number of carbonyl (C=O) groups excluding carboxylic acids is 1. The summed E-state index contributed by atoms with van der Waals surface area (Å²) in [5.41, 5.74) is 1.16. The van der Waals surface area contributed by atoms with Crippen LogP contribution in [0.2, 0.25) is 20.1 Å². The fourth-order valence-electron chi connectivity index (χ4n) is 5.74. The Hall–Kier alpha value is -3.61. The van der Waals surface area contributed by atoms with Gasteiger partial charge in [0.25, 0.3) is 5.56 Å². The number of aromatic nitrogens is 6. The van der Waals surface area contributed by atoms with E-state index < -0.39 is 5.56 Å². The Balaban J connectivity index is 1.33. The van der Waals surface area contributed by atoms with Crippen molar-refractivity contribution in [2.45, 2.75) is 84.0 Å². The number of unbranched alkanes of at least 4 members (excludes halogenated alkanes) is 10. The van der Waals surface area contributed by atoms with Gasteiger partial charge in [0.05, 0.1) is 26.4 Å². The highest BCUT2D eigenvalue weighted by Gasteiger charge is 2.24. The normalized spacial score (nSPS) is 11.2. The quantitative estimate of drug-likeness (QED) is 0.0601. The minimum absolute atomic E-state index is 0.00809. The van der Waals surface area contributed by atoms with E-state index in [4.69, 9.17) is 58.6 Å². The van der Waals surface area contributed by atoms with Gasteiger partial charge in [0.15, 0.2) is 11.5 Å². The number of halogens is 4. The minimum atomic E-state index is -0.590. The van der Waals surface area contributed by atoms with Crippen LogP contribution < -0.4 is 16.2 Å². The summed E-state index contributed by atoms with van der Waals surface area (Å²) in [6.07, 6.45) is 13.7. The second kappa shape index (κ2) is 18.8. The number of para-hydroxylation sites is 1. The molecule has 1 amide bonds. The molecule has 15 heteroatoms. The monoisotopic (exact) mass is 788 g/mol. The van der Waals surface area contributed by atoms with Gasteiger partial charge >= 0.3 is 0 Å². The molecule has 0 aliphatic heterocycles. The predicted molar refractivity (Wildman–Crippen MR) is 211 cm³/mol. The van der Waals surface area contributed by atoms with Crippen LogP contribution in [0.1, 0.15) is 84.0 Å². The first-order chi connectivity index (χ1) is 24.7. The third-order valence-electron chi connectivity index (χ3n) is 8.38. The van der Waals surface area contributed by atoms with Crippen LogP contribution in [-0.4, -0.2) is 35.5 Å². The number of anilines is 3. The number of nitrogens with zero attached hydrogens (tertiary/aromatic N) is 5. The number of tetrazole rings is 1. The number of aromatic amines is 1. The molecule has 0 spiro atoms. The van der Waals surface area contributed by atoms with E-state index in [2.05, 4.69) is 33.1 Å². The first-order valence-electron chi connectivity index (χ1n) is 17.1. The highest BCUT2D eigenvalue weighted by atomic mass is 35.5. The van der Waals surface area contributed by atoms with Crippen LogP contribution in [0.25, 0.3) is 17.1 Å². The minimum Gasteiger partial charge on any atom is -0.337 e. The standard InChI is InChI=1S/C36H40Cl4N8O2S/c1-2-3-4-5-6-7-8-9-10-11-15-18-31(49)41-25-19-20-27(38)30(23-25)42-34-33(48-36(51)46(44-45-48)26-16-13-12-14-17-26)35(50)47(43-34)32-28(39)21-24(37)22-29(32)40/h12-14,16-17,19-23,42-43H,2-11,15,18H2,1H3,(H,41,49). The zero-order valence-corrected chi connectivity index (χ0v) is 32.1. The maximum absolute atomic E-state index is 14.1. The van der Waals surface area contributed by atoms with Crippen LogP contribution in [0.4, 0.5) is 17.2 Å². The largest absolute Gasteiger partial charge is 0.337 e. The molecule has 2 aromatic heterocycles. The molecule has 5 rings (SSSR count). The maximum Gasteiger partial charge on any atom is 0.299 e. The molecule has 0 bridgehead atoms. The van der Waals surface area contributed by atoms with E-state index in [1.54, 1.807) is 18.2 Å². The molecule has 0 aliphatic rings.